The third-order valence-electron chi connectivity index (χ3n) is 6.31. The second-order valence-electron chi connectivity index (χ2n) is 10.3. The quantitative estimate of drug-likeness (QED) is 0.337. The van der Waals surface area contributed by atoms with Crippen molar-refractivity contribution in [1.29, 1.82) is 0 Å². The minimum absolute atomic E-state index is 0.106. The Morgan fingerprint density at radius 3 is 2.41 bits per heavy atom. The Morgan fingerprint density at radius 2 is 1.79 bits per heavy atom. The highest BCUT2D eigenvalue weighted by molar-refractivity contribution is 7.90. The van der Waals surface area contributed by atoms with Crippen LogP contribution >= 0.6 is 0 Å². The Kier molecular flexibility index (Phi) is 7.65. The molecular weight excluding hydrogens is 518 g/mol. The molecule has 4 rings (SSSR count). The summed E-state index contributed by atoms with van der Waals surface area (Å²) in [5, 5.41) is 4.43. The predicted octanol–water partition coefficient (Wildman–Crippen LogP) is 4.09. The minimum Gasteiger partial charge on any atom is -0.493 e. The van der Waals surface area contributed by atoms with E-state index in [4.69, 9.17) is 4.74 Å². The summed E-state index contributed by atoms with van der Waals surface area (Å²) >= 11 is 0. The Balaban J connectivity index is 1.74. The largest absolute Gasteiger partial charge is 0.493 e. The highest BCUT2D eigenvalue weighted by Gasteiger charge is 2.23. The highest BCUT2D eigenvalue weighted by Crippen LogP contribution is 2.31. The van der Waals surface area contributed by atoms with E-state index in [9.17, 15) is 18.0 Å². The van der Waals surface area contributed by atoms with E-state index in [0.717, 1.165) is 12.0 Å². The lowest BCUT2D eigenvalue weighted by molar-refractivity contribution is 0.0981. The fourth-order valence-corrected chi connectivity index (χ4v) is 5.28. The van der Waals surface area contributed by atoms with Crippen LogP contribution < -0.4 is 15.0 Å². The summed E-state index contributed by atoms with van der Waals surface area (Å²) in [4.78, 5) is 33.0. The number of aromatic nitrogens is 4. The highest BCUT2D eigenvalue weighted by atomic mass is 32.2. The van der Waals surface area contributed by atoms with Crippen molar-refractivity contribution < 1.29 is 17.9 Å². The normalized spacial score (nSPS) is 12.1. The molecule has 0 atom stereocenters. The maximum Gasteiger partial charge on any atom is 0.277 e. The average Bonchev–Trinajstić information content (AvgIpc) is 3.19. The zero-order valence-electron chi connectivity index (χ0n) is 23.0. The minimum atomic E-state index is -4.27. The van der Waals surface area contributed by atoms with E-state index in [2.05, 4.69) is 40.6 Å². The standard InChI is InChI=1S/C28H33N5O5S/c1-7-9-21-23-24(33(6)31-21)27(35)30-25(29-23)20-16-19(14-15-22(20)38-8-2)39(36,37)32-26(34)17-10-12-18(13-11-17)28(3,4)5/h10-16H,7-9H2,1-6H3,(H,32,34)(H,29,30,35). The number of carbonyl (C=O) groups is 1. The first-order valence-electron chi connectivity index (χ1n) is 12.8. The van der Waals surface area contributed by atoms with Gasteiger partial charge in [0.05, 0.1) is 22.8 Å². The fraction of sp³-hybridized carbons (Fsp3) is 0.357. The van der Waals surface area contributed by atoms with Gasteiger partial charge in [0.2, 0.25) is 0 Å². The molecule has 0 fully saturated rings. The van der Waals surface area contributed by atoms with E-state index < -0.39 is 21.5 Å². The summed E-state index contributed by atoms with van der Waals surface area (Å²) in [7, 11) is -2.59. The molecule has 2 aromatic carbocycles. The zero-order valence-corrected chi connectivity index (χ0v) is 23.8. The van der Waals surface area contributed by atoms with E-state index in [1.807, 2.05) is 6.92 Å². The summed E-state index contributed by atoms with van der Waals surface area (Å²) in [6.45, 7) is 10.3. The SMILES string of the molecule is CCCc1nn(C)c2c(=O)[nH]c(-c3cc(S(=O)(=O)NC(=O)c4ccc(C(C)(C)C)cc4)ccc3OCC)nc12. The number of sulfonamides is 1. The second kappa shape index (κ2) is 10.6. The fourth-order valence-electron chi connectivity index (χ4n) is 4.28. The second-order valence-corrected chi connectivity index (χ2v) is 12.0. The van der Waals surface area contributed by atoms with Gasteiger partial charge in [-0.2, -0.15) is 5.10 Å². The lowest BCUT2D eigenvalue weighted by atomic mass is 9.87. The van der Waals surface area contributed by atoms with Crippen molar-refractivity contribution in [3.63, 3.8) is 0 Å². The molecule has 0 saturated carbocycles. The number of hydrogen-bond donors (Lipinski definition) is 2. The Morgan fingerprint density at radius 1 is 1.10 bits per heavy atom. The van der Waals surface area contributed by atoms with Crippen molar-refractivity contribution in [2.45, 2.75) is 57.8 Å². The molecule has 0 aliphatic rings. The number of benzene rings is 2. The number of H-pyrrole nitrogens is 1. The molecule has 10 nitrogen and oxygen atoms in total. The Hall–Kier alpha value is -3.99. The molecule has 0 unspecified atom stereocenters. The van der Waals surface area contributed by atoms with Crippen molar-refractivity contribution in [3.8, 4) is 17.1 Å². The molecule has 2 aromatic heterocycles. The number of carbonyl (C=O) groups excluding carboxylic acids is 1. The van der Waals surface area contributed by atoms with Gasteiger partial charge < -0.3 is 9.72 Å². The van der Waals surface area contributed by atoms with Crippen molar-refractivity contribution >= 4 is 27.0 Å². The van der Waals surface area contributed by atoms with E-state index in [1.54, 1.807) is 38.2 Å². The molecule has 0 aliphatic carbocycles. The maximum atomic E-state index is 13.2. The zero-order chi connectivity index (χ0) is 28.5. The van der Waals surface area contributed by atoms with Crippen LogP contribution in [0.4, 0.5) is 0 Å². The van der Waals surface area contributed by atoms with Crippen LogP contribution in [0.5, 0.6) is 5.75 Å². The monoisotopic (exact) mass is 551 g/mol. The van der Waals surface area contributed by atoms with Gasteiger partial charge in [0, 0.05) is 12.6 Å². The number of fused-ring (bicyclic) bond motifs is 1. The molecule has 0 saturated heterocycles. The molecule has 1 amide bonds. The first-order chi connectivity index (χ1) is 18.4. The van der Waals surface area contributed by atoms with Crippen LogP contribution in [0, 0.1) is 0 Å². The number of hydrogen-bond acceptors (Lipinski definition) is 7. The molecule has 39 heavy (non-hydrogen) atoms. The number of aromatic amines is 1. The summed E-state index contributed by atoms with van der Waals surface area (Å²) in [6.07, 6.45) is 1.44. The van der Waals surface area contributed by atoms with Crippen LogP contribution in [-0.2, 0) is 28.9 Å². The third-order valence-corrected chi connectivity index (χ3v) is 7.63. The molecular formula is C28H33N5O5S. The van der Waals surface area contributed by atoms with Crippen LogP contribution in [0.15, 0.2) is 52.2 Å². The molecule has 2 heterocycles. The number of amides is 1. The van der Waals surface area contributed by atoms with Crippen molar-refractivity contribution in [3.05, 3.63) is 69.6 Å². The van der Waals surface area contributed by atoms with Crippen LogP contribution in [0.1, 0.15) is 62.7 Å². The van der Waals surface area contributed by atoms with Crippen LogP contribution in [0.3, 0.4) is 0 Å². The number of nitrogens with zero attached hydrogens (tertiary/aromatic N) is 3. The molecule has 0 spiro atoms. The average molecular weight is 552 g/mol. The van der Waals surface area contributed by atoms with Crippen molar-refractivity contribution in [2.75, 3.05) is 6.61 Å². The van der Waals surface area contributed by atoms with Crippen LogP contribution in [0.2, 0.25) is 0 Å². The summed E-state index contributed by atoms with van der Waals surface area (Å²) in [5.41, 5.74) is 2.44. The molecule has 0 radical (unpaired) electrons. The van der Waals surface area contributed by atoms with Gasteiger partial charge in [-0.15, -0.1) is 0 Å². The van der Waals surface area contributed by atoms with Gasteiger partial charge in [-0.25, -0.2) is 18.1 Å². The first kappa shape index (κ1) is 28.0. The van der Waals surface area contributed by atoms with Crippen LogP contribution in [0.25, 0.3) is 22.4 Å². The Bertz CT molecular complexity index is 1700. The molecule has 11 heteroatoms. The van der Waals surface area contributed by atoms with E-state index in [-0.39, 0.29) is 27.3 Å². The van der Waals surface area contributed by atoms with Gasteiger partial charge in [0.1, 0.15) is 17.1 Å². The van der Waals surface area contributed by atoms with Crippen molar-refractivity contribution in [2.24, 2.45) is 7.05 Å². The predicted molar refractivity (Wildman–Crippen MR) is 150 cm³/mol. The van der Waals surface area contributed by atoms with Gasteiger partial charge in [-0.1, -0.05) is 46.2 Å². The molecule has 2 N–H and O–H groups in total. The van der Waals surface area contributed by atoms with Gasteiger partial charge in [0.25, 0.3) is 21.5 Å². The van der Waals surface area contributed by atoms with Gasteiger partial charge in [-0.3, -0.25) is 14.3 Å². The molecule has 4 aromatic rings. The summed E-state index contributed by atoms with van der Waals surface area (Å²) in [6, 6.07) is 11.0. The summed E-state index contributed by atoms with van der Waals surface area (Å²) in [5.74, 6) is -0.273. The van der Waals surface area contributed by atoms with Gasteiger partial charge >= 0.3 is 0 Å². The Labute approximate surface area is 227 Å². The number of aryl methyl sites for hydroxylation is 2. The van der Waals surface area contributed by atoms with Crippen LogP contribution in [-0.4, -0.2) is 40.7 Å². The lowest BCUT2D eigenvalue weighted by Gasteiger charge is -2.19. The first-order valence-corrected chi connectivity index (χ1v) is 14.2. The van der Waals surface area contributed by atoms with Gasteiger partial charge in [-0.05, 0) is 54.7 Å². The van der Waals surface area contributed by atoms with E-state index >= 15 is 0 Å². The van der Waals surface area contributed by atoms with Crippen molar-refractivity contribution in [1.82, 2.24) is 24.5 Å². The smallest absolute Gasteiger partial charge is 0.277 e. The summed E-state index contributed by atoms with van der Waals surface area (Å²) < 4.78 is 35.8. The lowest BCUT2D eigenvalue weighted by Crippen LogP contribution is -2.30. The number of ether oxygens (including phenoxy) is 1. The third kappa shape index (κ3) is 5.73. The number of nitrogens with one attached hydrogen (secondary N) is 2. The molecule has 206 valence electrons. The van der Waals surface area contributed by atoms with Gasteiger partial charge in [0.15, 0.2) is 5.52 Å². The topological polar surface area (TPSA) is 136 Å². The van der Waals surface area contributed by atoms with E-state index in [1.165, 1.54) is 22.9 Å². The van der Waals surface area contributed by atoms with E-state index in [0.29, 0.717) is 35.5 Å². The molecule has 0 aliphatic heterocycles. The molecule has 0 bridgehead atoms. The maximum absolute atomic E-state index is 13.2. The number of rotatable bonds is 8.